The third-order valence-corrected chi connectivity index (χ3v) is 3.73. The van der Waals surface area contributed by atoms with Crippen LogP contribution >= 0.6 is 11.3 Å². The van der Waals surface area contributed by atoms with Crippen molar-refractivity contribution < 1.29 is 14.3 Å². The summed E-state index contributed by atoms with van der Waals surface area (Å²) in [5.74, 6) is 0.577. The number of thiophene rings is 1. The Morgan fingerprint density at radius 1 is 1.42 bits per heavy atom. The molecule has 2 N–H and O–H groups in total. The number of methoxy groups -OCH3 is 1. The maximum atomic E-state index is 11.8. The molecule has 102 valence electrons. The van der Waals surface area contributed by atoms with Crippen LogP contribution in [0.15, 0.2) is 18.2 Å². The SMILES string of the molecule is COC(=O)c1sc2ccc(N)cc2c1OCC(C)C. The Kier molecular flexibility index (Phi) is 3.95. The summed E-state index contributed by atoms with van der Waals surface area (Å²) in [6.45, 7) is 4.66. The number of fused-ring (bicyclic) bond motifs is 1. The number of esters is 1. The molecule has 0 bridgehead atoms. The van der Waals surface area contributed by atoms with Crippen molar-refractivity contribution in [2.24, 2.45) is 5.92 Å². The second-order valence-corrected chi connectivity index (χ2v) is 5.76. The van der Waals surface area contributed by atoms with Gasteiger partial charge < -0.3 is 15.2 Å². The molecule has 0 radical (unpaired) electrons. The highest BCUT2D eigenvalue weighted by Crippen LogP contribution is 2.39. The molecule has 1 aromatic carbocycles. The van der Waals surface area contributed by atoms with Crippen LogP contribution in [0.1, 0.15) is 23.5 Å². The predicted octanol–water partition coefficient (Wildman–Crippen LogP) is 3.30. The Hall–Kier alpha value is -1.75. The molecular weight excluding hydrogens is 262 g/mol. The fraction of sp³-hybridized carbons (Fsp3) is 0.357. The molecule has 0 aliphatic heterocycles. The van der Waals surface area contributed by atoms with Gasteiger partial charge >= 0.3 is 5.97 Å². The first kappa shape index (κ1) is 13.7. The largest absolute Gasteiger partial charge is 0.491 e. The molecule has 4 nitrogen and oxygen atoms in total. The van der Waals surface area contributed by atoms with Gasteiger partial charge in [0, 0.05) is 15.8 Å². The average Bonchev–Trinajstić information content (AvgIpc) is 2.73. The van der Waals surface area contributed by atoms with Gasteiger partial charge in [0.2, 0.25) is 0 Å². The molecule has 0 saturated heterocycles. The van der Waals surface area contributed by atoms with Gasteiger partial charge in [-0.3, -0.25) is 0 Å². The number of ether oxygens (including phenoxy) is 2. The number of carbonyl (C=O) groups excluding carboxylic acids is 1. The van der Waals surface area contributed by atoms with E-state index >= 15 is 0 Å². The lowest BCUT2D eigenvalue weighted by Gasteiger charge is -2.09. The van der Waals surface area contributed by atoms with Crippen LogP contribution in [0.3, 0.4) is 0 Å². The van der Waals surface area contributed by atoms with Crippen LogP contribution in [-0.4, -0.2) is 19.7 Å². The Bertz CT molecular complexity index is 604. The van der Waals surface area contributed by atoms with E-state index in [-0.39, 0.29) is 5.97 Å². The van der Waals surface area contributed by atoms with E-state index in [1.165, 1.54) is 18.4 Å². The standard InChI is InChI=1S/C14H17NO3S/c1-8(2)7-18-12-10-6-9(15)4-5-11(10)19-13(12)14(16)17-3/h4-6,8H,7,15H2,1-3H3. The Morgan fingerprint density at radius 3 is 2.79 bits per heavy atom. The molecule has 0 spiro atoms. The summed E-state index contributed by atoms with van der Waals surface area (Å²) in [6, 6.07) is 5.53. The zero-order chi connectivity index (χ0) is 14.0. The van der Waals surface area contributed by atoms with Gasteiger partial charge in [0.05, 0.1) is 13.7 Å². The number of carbonyl (C=O) groups is 1. The summed E-state index contributed by atoms with van der Waals surface area (Å²) >= 11 is 1.36. The molecule has 2 rings (SSSR count). The van der Waals surface area contributed by atoms with E-state index in [0.717, 1.165) is 10.1 Å². The minimum absolute atomic E-state index is 0.376. The molecule has 1 aromatic heterocycles. The first-order chi connectivity index (χ1) is 9.02. The number of hydrogen-bond donors (Lipinski definition) is 1. The van der Waals surface area contributed by atoms with Crippen molar-refractivity contribution in [3.05, 3.63) is 23.1 Å². The Morgan fingerprint density at radius 2 is 2.16 bits per heavy atom. The first-order valence-corrected chi connectivity index (χ1v) is 6.87. The summed E-state index contributed by atoms with van der Waals surface area (Å²) in [6.07, 6.45) is 0. The van der Waals surface area contributed by atoms with Crippen molar-refractivity contribution >= 4 is 33.1 Å². The fourth-order valence-electron chi connectivity index (χ4n) is 1.71. The fourth-order valence-corrected chi connectivity index (χ4v) is 2.76. The van der Waals surface area contributed by atoms with Crippen molar-refractivity contribution in [1.82, 2.24) is 0 Å². The predicted molar refractivity (Wildman–Crippen MR) is 77.9 cm³/mol. The van der Waals surface area contributed by atoms with Gasteiger partial charge in [-0.15, -0.1) is 11.3 Å². The minimum atomic E-state index is -0.376. The van der Waals surface area contributed by atoms with Crippen molar-refractivity contribution in [3.8, 4) is 5.75 Å². The average molecular weight is 279 g/mol. The third kappa shape index (κ3) is 2.81. The van der Waals surface area contributed by atoms with Crippen LogP contribution < -0.4 is 10.5 Å². The van der Waals surface area contributed by atoms with Crippen LogP contribution in [0.25, 0.3) is 10.1 Å². The molecule has 0 atom stereocenters. The van der Waals surface area contributed by atoms with Crippen molar-refractivity contribution in [2.75, 3.05) is 19.5 Å². The van der Waals surface area contributed by atoms with Gasteiger partial charge in [-0.2, -0.15) is 0 Å². The summed E-state index contributed by atoms with van der Waals surface area (Å²) in [4.78, 5) is 12.3. The second kappa shape index (κ2) is 5.48. The summed E-state index contributed by atoms with van der Waals surface area (Å²) < 4.78 is 11.6. The van der Waals surface area contributed by atoms with Crippen molar-refractivity contribution in [2.45, 2.75) is 13.8 Å². The lowest BCUT2D eigenvalue weighted by atomic mass is 10.2. The molecule has 0 unspecified atom stereocenters. The number of hydrogen-bond acceptors (Lipinski definition) is 5. The van der Waals surface area contributed by atoms with Crippen LogP contribution in [-0.2, 0) is 4.74 Å². The Balaban J connectivity index is 2.53. The zero-order valence-electron chi connectivity index (χ0n) is 11.2. The Labute approximate surface area is 116 Å². The lowest BCUT2D eigenvalue weighted by molar-refractivity contribution is 0.0601. The molecule has 2 aromatic rings. The minimum Gasteiger partial charge on any atom is -0.491 e. The molecule has 0 aliphatic rings. The number of anilines is 1. The number of benzene rings is 1. The number of nitrogens with two attached hydrogens (primary N) is 1. The first-order valence-electron chi connectivity index (χ1n) is 6.06. The van der Waals surface area contributed by atoms with Crippen LogP contribution in [0.2, 0.25) is 0 Å². The third-order valence-electron chi connectivity index (χ3n) is 2.60. The van der Waals surface area contributed by atoms with Gasteiger partial charge in [0.25, 0.3) is 0 Å². The van der Waals surface area contributed by atoms with Crippen LogP contribution in [0, 0.1) is 5.92 Å². The summed E-state index contributed by atoms with van der Waals surface area (Å²) in [5.41, 5.74) is 6.45. The lowest BCUT2D eigenvalue weighted by Crippen LogP contribution is -2.07. The van der Waals surface area contributed by atoms with Crippen LogP contribution in [0.5, 0.6) is 5.75 Å². The van der Waals surface area contributed by atoms with E-state index in [2.05, 4.69) is 13.8 Å². The van der Waals surface area contributed by atoms with E-state index in [1.54, 1.807) is 0 Å². The van der Waals surface area contributed by atoms with Gasteiger partial charge in [-0.25, -0.2) is 4.79 Å². The highest BCUT2D eigenvalue weighted by Gasteiger charge is 2.20. The summed E-state index contributed by atoms with van der Waals surface area (Å²) in [7, 11) is 1.37. The van der Waals surface area contributed by atoms with E-state index in [4.69, 9.17) is 15.2 Å². The van der Waals surface area contributed by atoms with Gasteiger partial charge in [-0.05, 0) is 24.1 Å². The maximum Gasteiger partial charge on any atom is 0.351 e. The topological polar surface area (TPSA) is 61.5 Å². The normalized spacial score (nSPS) is 10.9. The maximum absolute atomic E-state index is 11.8. The van der Waals surface area contributed by atoms with Crippen LogP contribution in [0.4, 0.5) is 5.69 Å². The molecule has 19 heavy (non-hydrogen) atoms. The monoisotopic (exact) mass is 279 g/mol. The summed E-state index contributed by atoms with van der Waals surface area (Å²) in [5, 5.41) is 0.867. The highest BCUT2D eigenvalue weighted by molar-refractivity contribution is 7.21. The molecule has 0 amide bonds. The highest BCUT2D eigenvalue weighted by atomic mass is 32.1. The molecule has 5 heteroatoms. The zero-order valence-corrected chi connectivity index (χ0v) is 12.0. The van der Waals surface area contributed by atoms with Crippen molar-refractivity contribution in [1.29, 1.82) is 0 Å². The van der Waals surface area contributed by atoms with Gasteiger partial charge in [0.15, 0.2) is 10.6 Å². The second-order valence-electron chi connectivity index (χ2n) is 4.71. The van der Waals surface area contributed by atoms with E-state index in [0.29, 0.717) is 28.8 Å². The van der Waals surface area contributed by atoms with Gasteiger partial charge in [0.1, 0.15) is 0 Å². The molecular formula is C14H17NO3S. The molecule has 0 fully saturated rings. The smallest absolute Gasteiger partial charge is 0.351 e. The molecule has 0 saturated carbocycles. The number of nitrogen functional groups attached to an aromatic ring is 1. The molecule has 0 aliphatic carbocycles. The quantitative estimate of drug-likeness (QED) is 0.689. The van der Waals surface area contributed by atoms with E-state index in [1.807, 2.05) is 18.2 Å². The van der Waals surface area contributed by atoms with E-state index < -0.39 is 0 Å². The molecule has 1 heterocycles. The van der Waals surface area contributed by atoms with Gasteiger partial charge in [-0.1, -0.05) is 13.8 Å². The number of rotatable bonds is 4. The van der Waals surface area contributed by atoms with E-state index in [9.17, 15) is 4.79 Å². The van der Waals surface area contributed by atoms with Crippen molar-refractivity contribution in [3.63, 3.8) is 0 Å².